The third-order valence-electron chi connectivity index (χ3n) is 2.65. The van der Waals surface area contributed by atoms with Crippen molar-refractivity contribution in [1.29, 1.82) is 0 Å². The third kappa shape index (κ3) is 3.30. The molecule has 4 heteroatoms. The summed E-state index contributed by atoms with van der Waals surface area (Å²) in [6.07, 6.45) is 4.02. The molecule has 88 valence electrons. The lowest BCUT2D eigenvalue weighted by atomic mass is 10.1. The standard InChI is InChI=1S/C12H16ClNOS/c13-11-7-9(14)4-5-12(11)16-8-10-3-1-2-6-15-10/h4-5,7,10H,1-3,6,8,14H2. The van der Waals surface area contributed by atoms with Gasteiger partial charge in [-0.2, -0.15) is 0 Å². The molecule has 16 heavy (non-hydrogen) atoms. The van der Waals surface area contributed by atoms with Crippen LogP contribution in [-0.4, -0.2) is 18.5 Å². The van der Waals surface area contributed by atoms with Gasteiger partial charge in [0.05, 0.1) is 11.1 Å². The van der Waals surface area contributed by atoms with Crippen molar-refractivity contribution in [2.24, 2.45) is 0 Å². The number of nitrogen functional groups attached to an aromatic ring is 1. The maximum Gasteiger partial charge on any atom is 0.0669 e. The Labute approximate surface area is 105 Å². The van der Waals surface area contributed by atoms with Gasteiger partial charge in [-0.1, -0.05) is 11.6 Å². The van der Waals surface area contributed by atoms with Gasteiger partial charge in [-0.15, -0.1) is 11.8 Å². The van der Waals surface area contributed by atoms with Crippen molar-refractivity contribution < 1.29 is 4.74 Å². The summed E-state index contributed by atoms with van der Waals surface area (Å²) in [5.74, 6) is 0.976. The van der Waals surface area contributed by atoms with Crippen molar-refractivity contribution in [3.05, 3.63) is 23.2 Å². The molecule has 0 spiro atoms. The number of ether oxygens (including phenoxy) is 1. The molecule has 1 aromatic carbocycles. The summed E-state index contributed by atoms with van der Waals surface area (Å²) < 4.78 is 5.67. The van der Waals surface area contributed by atoms with Crippen LogP contribution in [0.1, 0.15) is 19.3 Å². The van der Waals surface area contributed by atoms with Crippen LogP contribution in [0.25, 0.3) is 0 Å². The van der Waals surface area contributed by atoms with Gasteiger partial charge < -0.3 is 10.5 Å². The van der Waals surface area contributed by atoms with E-state index < -0.39 is 0 Å². The van der Waals surface area contributed by atoms with Crippen LogP contribution >= 0.6 is 23.4 Å². The second kappa shape index (κ2) is 5.80. The van der Waals surface area contributed by atoms with Gasteiger partial charge in [0, 0.05) is 22.9 Å². The minimum atomic E-state index is 0.382. The van der Waals surface area contributed by atoms with Gasteiger partial charge in [0.15, 0.2) is 0 Å². The first-order valence-corrected chi connectivity index (χ1v) is 6.91. The molecule has 1 saturated heterocycles. The lowest BCUT2D eigenvalue weighted by molar-refractivity contribution is 0.0315. The fourth-order valence-electron chi connectivity index (χ4n) is 1.76. The third-order valence-corrected chi connectivity index (χ3v) is 4.28. The number of benzene rings is 1. The van der Waals surface area contributed by atoms with E-state index in [4.69, 9.17) is 22.1 Å². The van der Waals surface area contributed by atoms with Crippen LogP contribution in [0.4, 0.5) is 5.69 Å². The van der Waals surface area contributed by atoms with E-state index in [0.29, 0.717) is 11.8 Å². The Hall–Kier alpha value is -0.380. The molecule has 0 bridgehead atoms. The van der Waals surface area contributed by atoms with E-state index in [1.54, 1.807) is 17.8 Å². The fourth-order valence-corrected chi connectivity index (χ4v) is 3.10. The zero-order chi connectivity index (χ0) is 11.4. The average Bonchev–Trinajstić information content (AvgIpc) is 2.29. The summed E-state index contributed by atoms with van der Waals surface area (Å²) in [6, 6.07) is 5.66. The van der Waals surface area contributed by atoms with E-state index in [-0.39, 0.29) is 0 Å². The Kier molecular flexibility index (Phi) is 4.38. The van der Waals surface area contributed by atoms with Crippen LogP contribution in [0, 0.1) is 0 Å². The van der Waals surface area contributed by atoms with E-state index in [1.165, 1.54) is 19.3 Å². The quantitative estimate of drug-likeness (QED) is 0.664. The van der Waals surface area contributed by atoms with Crippen molar-refractivity contribution in [1.82, 2.24) is 0 Å². The minimum absolute atomic E-state index is 0.382. The summed E-state index contributed by atoms with van der Waals surface area (Å²) in [4.78, 5) is 1.09. The molecule has 0 saturated carbocycles. The van der Waals surface area contributed by atoms with E-state index in [1.807, 2.05) is 12.1 Å². The molecule has 0 amide bonds. The molecule has 0 radical (unpaired) electrons. The number of anilines is 1. The van der Waals surface area contributed by atoms with Crippen molar-refractivity contribution in [3.8, 4) is 0 Å². The largest absolute Gasteiger partial charge is 0.399 e. The highest BCUT2D eigenvalue weighted by Gasteiger charge is 2.14. The number of hydrogen-bond acceptors (Lipinski definition) is 3. The molecule has 1 atom stereocenters. The lowest BCUT2D eigenvalue weighted by Gasteiger charge is -2.22. The first-order valence-electron chi connectivity index (χ1n) is 5.55. The Morgan fingerprint density at radius 2 is 2.31 bits per heavy atom. The molecule has 1 aliphatic rings. The SMILES string of the molecule is Nc1ccc(SCC2CCCCO2)c(Cl)c1. The van der Waals surface area contributed by atoms with Crippen LogP contribution in [0.3, 0.4) is 0 Å². The number of hydrogen-bond donors (Lipinski definition) is 1. The van der Waals surface area contributed by atoms with Gasteiger partial charge in [-0.25, -0.2) is 0 Å². The van der Waals surface area contributed by atoms with Gasteiger partial charge in [0.1, 0.15) is 0 Å². The van der Waals surface area contributed by atoms with Crippen molar-refractivity contribution in [2.75, 3.05) is 18.1 Å². The number of nitrogens with two attached hydrogens (primary N) is 1. The van der Waals surface area contributed by atoms with Crippen molar-refractivity contribution in [2.45, 2.75) is 30.3 Å². The fraction of sp³-hybridized carbons (Fsp3) is 0.500. The monoisotopic (exact) mass is 257 g/mol. The number of thioether (sulfide) groups is 1. The summed E-state index contributed by atoms with van der Waals surface area (Å²) in [6.45, 7) is 0.903. The predicted molar refractivity (Wildman–Crippen MR) is 70.2 cm³/mol. The van der Waals surface area contributed by atoms with Crippen molar-refractivity contribution >= 4 is 29.1 Å². The van der Waals surface area contributed by atoms with E-state index in [2.05, 4.69) is 0 Å². The molecule has 1 fully saturated rings. The Balaban J connectivity index is 1.88. The van der Waals surface area contributed by atoms with Gasteiger partial charge in [-0.05, 0) is 37.5 Å². The van der Waals surface area contributed by atoms with Crippen LogP contribution in [0.15, 0.2) is 23.1 Å². The average molecular weight is 258 g/mol. The highest BCUT2D eigenvalue weighted by Crippen LogP contribution is 2.30. The lowest BCUT2D eigenvalue weighted by Crippen LogP contribution is -2.21. The van der Waals surface area contributed by atoms with Gasteiger partial charge >= 0.3 is 0 Å². The molecule has 1 aliphatic heterocycles. The molecule has 2 rings (SSSR count). The van der Waals surface area contributed by atoms with Crippen LogP contribution in [0.5, 0.6) is 0 Å². The van der Waals surface area contributed by atoms with Crippen LogP contribution in [-0.2, 0) is 4.74 Å². The van der Waals surface area contributed by atoms with E-state index in [0.717, 1.165) is 22.3 Å². The number of halogens is 1. The Bertz CT molecular complexity index is 353. The first kappa shape index (κ1) is 12.1. The van der Waals surface area contributed by atoms with Gasteiger partial charge in [0.2, 0.25) is 0 Å². The van der Waals surface area contributed by atoms with Gasteiger partial charge in [-0.3, -0.25) is 0 Å². The maximum absolute atomic E-state index is 6.11. The van der Waals surface area contributed by atoms with Crippen molar-refractivity contribution in [3.63, 3.8) is 0 Å². The molecule has 0 aromatic heterocycles. The molecule has 0 aliphatic carbocycles. The van der Waals surface area contributed by atoms with Crippen LogP contribution in [0.2, 0.25) is 5.02 Å². The first-order chi connectivity index (χ1) is 7.75. The summed E-state index contributed by atoms with van der Waals surface area (Å²) in [5, 5.41) is 0.737. The van der Waals surface area contributed by atoms with Crippen LogP contribution < -0.4 is 5.73 Å². The molecule has 2 N–H and O–H groups in total. The summed E-state index contributed by atoms with van der Waals surface area (Å²) >= 11 is 7.86. The summed E-state index contributed by atoms with van der Waals surface area (Å²) in [5.41, 5.74) is 6.36. The molecular weight excluding hydrogens is 242 g/mol. The van der Waals surface area contributed by atoms with E-state index in [9.17, 15) is 0 Å². The Morgan fingerprint density at radius 3 is 3.00 bits per heavy atom. The van der Waals surface area contributed by atoms with E-state index >= 15 is 0 Å². The number of rotatable bonds is 3. The molecule has 1 heterocycles. The zero-order valence-electron chi connectivity index (χ0n) is 9.12. The second-order valence-corrected chi connectivity index (χ2v) is 5.46. The highest BCUT2D eigenvalue weighted by molar-refractivity contribution is 7.99. The predicted octanol–water partition coefficient (Wildman–Crippen LogP) is 3.58. The smallest absolute Gasteiger partial charge is 0.0669 e. The normalized spacial score (nSPS) is 20.9. The second-order valence-electron chi connectivity index (χ2n) is 3.99. The molecule has 2 nitrogen and oxygen atoms in total. The summed E-state index contributed by atoms with van der Waals surface area (Å²) in [7, 11) is 0. The highest BCUT2D eigenvalue weighted by atomic mass is 35.5. The molecule has 1 unspecified atom stereocenters. The molecular formula is C12H16ClNOS. The minimum Gasteiger partial charge on any atom is -0.399 e. The molecule has 1 aromatic rings. The zero-order valence-corrected chi connectivity index (χ0v) is 10.7. The topological polar surface area (TPSA) is 35.2 Å². The maximum atomic E-state index is 6.11. The van der Waals surface area contributed by atoms with Gasteiger partial charge in [0.25, 0.3) is 0 Å². The Morgan fingerprint density at radius 1 is 1.44 bits per heavy atom.